The SMILES string of the molecule is CCOC(=O)c1sc(NC(=O)c2ccc(Cl)s2)c(C#N)c1C. The van der Waals surface area contributed by atoms with Crippen LogP contribution in [0.3, 0.4) is 0 Å². The number of hydrogen-bond acceptors (Lipinski definition) is 6. The number of halogens is 1. The van der Waals surface area contributed by atoms with Gasteiger partial charge in [-0.25, -0.2) is 4.79 Å². The molecule has 5 nitrogen and oxygen atoms in total. The van der Waals surface area contributed by atoms with Crippen LogP contribution >= 0.6 is 34.3 Å². The van der Waals surface area contributed by atoms with Crippen molar-refractivity contribution in [3.8, 4) is 6.07 Å². The third-order valence-electron chi connectivity index (χ3n) is 2.74. The van der Waals surface area contributed by atoms with Crippen molar-refractivity contribution in [1.29, 1.82) is 5.26 Å². The van der Waals surface area contributed by atoms with Crippen LogP contribution < -0.4 is 5.32 Å². The van der Waals surface area contributed by atoms with Crippen molar-refractivity contribution in [2.75, 3.05) is 11.9 Å². The molecule has 0 aliphatic carbocycles. The summed E-state index contributed by atoms with van der Waals surface area (Å²) in [5.74, 6) is -0.869. The second-order valence-electron chi connectivity index (χ2n) is 4.15. The van der Waals surface area contributed by atoms with Crippen LogP contribution in [0.1, 0.15) is 37.4 Å². The maximum Gasteiger partial charge on any atom is 0.348 e. The molecule has 0 fully saturated rings. The highest BCUT2D eigenvalue weighted by atomic mass is 35.5. The van der Waals surface area contributed by atoms with Crippen molar-refractivity contribution in [1.82, 2.24) is 0 Å². The maximum absolute atomic E-state index is 12.1. The first-order valence-electron chi connectivity index (χ1n) is 6.25. The molecule has 0 aromatic carbocycles. The molecule has 0 saturated carbocycles. The lowest BCUT2D eigenvalue weighted by atomic mass is 10.2. The average molecular weight is 355 g/mol. The van der Waals surface area contributed by atoms with Gasteiger partial charge in [-0.3, -0.25) is 4.79 Å². The van der Waals surface area contributed by atoms with Crippen molar-refractivity contribution in [2.45, 2.75) is 13.8 Å². The first-order chi connectivity index (χ1) is 10.5. The zero-order chi connectivity index (χ0) is 16.3. The van der Waals surface area contributed by atoms with Gasteiger partial charge in [-0.2, -0.15) is 5.26 Å². The lowest BCUT2D eigenvalue weighted by molar-refractivity contribution is 0.0531. The van der Waals surface area contributed by atoms with E-state index in [1.165, 1.54) is 0 Å². The number of nitrogens with zero attached hydrogens (tertiary/aromatic N) is 1. The lowest BCUT2D eigenvalue weighted by Crippen LogP contribution is -2.09. The standard InChI is InChI=1S/C14H11ClN2O3S2/c1-3-20-14(19)11-7(2)8(6-16)13(22-11)17-12(18)9-4-5-10(15)21-9/h4-5H,3H2,1-2H3,(H,17,18). The summed E-state index contributed by atoms with van der Waals surface area (Å²) in [6.45, 7) is 3.60. The monoisotopic (exact) mass is 354 g/mol. The summed E-state index contributed by atoms with van der Waals surface area (Å²) in [7, 11) is 0. The minimum absolute atomic E-state index is 0.243. The highest BCUT2D eigenvalue weighted by molar-refractivity contribution is 7.19. The molecule has 1 N–H and O–H groups in total. The fourth-order valence-electron chi connectivity index (χ4n) is 1.73. The van der Waals surface area contributed by atoms with Crippen molar-refractivity contribution in [3.05, 3.63) is 37.4 Å². The van der Waals surface area contributed by atoms with Gasteiger partial charge in [0.05, 0.1) is 21.4 Å². The fraction of sp³-hybridized carbons (Fsp3) is 0.214. The molecule has 114 valence electrons. The molecule has 2 rings (SSSR count). The number of anilines is 1. The maximum atomic E-state index is 12.1. The Morgan fingerprint density at radius 3 is 2.68 bits per heavy atom. The highest BCUT2D eigenvalue weighted by Crippen LogP contribution is 2.34. The van der Waals surface area contributed by atoms with Gasteiger partial charge in [0.15, 0.2) is 0 Å². The minimum atomic E-state index is -0.499. The summed E-state index contributed by atoms with van der Waals surface area (Å²) in [4.78, 5) is 24.7. The van der Waals surface area contributed by atoms with Crippen LogP contribution in [0, 0.1) is 18.3 Å². The number of thiophene rings is 2. The van der Waals surface area contributed by atoms with E-state index in [0.29, 0.717) is 24.7 Å². The van der Waals surface area contributed by atoms with Gasteiger partial charge in [0.1, 0.15) is 15.9 Å². The van der Waals surface area contributed by atoms with Gasteiger partial charge < -0.3 is 10.1 Å². The van der Waals surface area contributed by atoms with E-state index in [1.807, 2.05) is 6.07 Å². The molecular weight excluding hydrogens is 344 g/mol. The molecule has 0 radical (unpaired) electrons. The van der Waals surface area contributed by atoms with Crippen LogP contribution in [0.15, 0.2) is 12.1 Å². The topological polar surface area (TPSA) is 79.2 Å². The number of nitrogens with one attached hydrogen (secondary N) is 1. The predicted molar refractivity (Wildman–Crippen MR) is 87.0 cm³/mol. The lowest BCUT2D eigenvalue weighted by Gasteiger charge is -2.00. The van der Waals surface area contributed by atoms with E-state index in [1.54, 1.807) is 26.0 Å². The van der Waals surface area contributed by atoms with Crippen LogP contribution in [0.4, 0.5) is 5.00 Å². The number of hydrogen-bond donors (Lipinski definition) is 1. The highest BCUT2D eigenvalue weighted by Gasteiger charge is 2.22. The normalized spacial score (nSPS) is 10.1. The summed E-state index contributed by atoms with van der Waals surface area (Å²) < 4.78 is 5.45. The van der Waals surface area contributed by atoms with Crippen LogP contribution in [0.5, 0.6) is 0 Å². The van der Waals surface area contributed by atoms with Gasteiger partial charge in [-0.1, -0.05) is 11.6 Å². The summed E-state index contributed by atoms with van der Waals surface area (Å²) >= 11 is 7.97. The Kier molecular flexibility index (Phi) is 5.19. The van der Waals surface area contributed by atoms with Gasteiger partial charge >= 0.3 is 5.97 Å². The number of esters is 1. The molecule has 0 aliphatic heterocycles. The van der Waals surface area contributed by atoms with Crippen LogP contribution in [-0.2, 0) is 4.74 Å². The molecule has 0 atom stereocenters. The predicted octanol–water partition coefficient (Wildman–Crippen LogP) is 4.07. The first-order valence-corrected chi connectivity index (χ1v) is 8.26. The molecule has 2 aromatic heterocycles. The second kappa shape index (κ2) is 6.92. The summed E-state index contributed by atoms with van der Waals surface area (Å²) in [5.41, 5.74) is 0.773. The average Bonchev–Trinajstić information content (AvgIpc) is 3.03. The minimum Gasteiger partial charge on any atom is -0.462 e. The zero-order valence-corrected chi connectivity index (χ0v) is 14.1. The molecule has 0 unspecified atom stereocenters. The van der Waals surface area contributed by atoms with E-state index in [0.717, 1.165) is 22.7 Å². The Bertz CT molecular complexity index is 774. The number of rotatable bonds is 4. The number of carbonyl (C=O) groups excluding carboxylic acids is 2. The zero-order valence-electron chi connectivity index (χ0n) is 11.7. The van der Waals surface area contributed by atoms with Crippen molar-refractivity contribution in [3.63, 3.8) is 0 Å². The molecule has 1 amide bonds. The Balaban J connectivity index is 2.31. The molecule has 22 heavy (non-hydrogen) atoms. The largest absolute Gasteiger partial charge is 0.462 e. The van der Waals surface area contributed by atoms with E-state index < -0.39 is 5.97 Å². The van der Waals surface area contributed by atoms with Gasteiger partial charge in [0.2, 0.25) is 0 Å². The Hall–Kier alpha value is -1.88. The van der Waals surface area contributed by atoms with E-state index in [9.17, 15) is 14.9 Å². The fourth-order valence-corrected chi connectivity index (χ4v) is 3.71. The molecule has 2 heterocycles. The Morgan fingerprint density at radius 1 is 1.41 bits per heavy atom. The number of nitriles is 1. The summed E-state index contributed by atoms with van der Waals surface area (Å²) in [6.07, 6.45) is 0. The first kappa shape index (κ1) is 16.5. The molecule has 0 spiro atoms. The molecule has 8 heteroatoms. The number of carbonyl (C=O) groups is 2. The van der Waals surface area contributed by atoms with Crippen LogP contribution in [0.2, 0.25) is 4.34 Å². The smallest absolute Gasteiger partial charge is 0.348 e. The third-order valence-corrected chi connectivity index (χ3v) is 5.16. The third kappa shape index (κ3) is 3.30. The van der Waals surface area contributed by atoms with Gasteiger partial charge in [-0.15, -0.1) is 22.7 Å². The molecule has 0 saturated heterocycles. The molecule has 0 bridgehead atoms. The van der Waals surface area contributed by atoms with Crippen molar-refractivity contribution < 1.29 is 14.3 Å². The quantitative estimate of drug-likeness (QED) is 0.839. The number of ether oxygens (including phenoxy) is 1. The van der Waals surface area contributed by atoms with Crippen LogP contribution in [0.25, 0.3) is 0 Å². The molecule has 0 aliphatic rings. The van der Waals surface area contributed by atoms with E-state index >= 15 is 0 Å². The van der Waals surface area contributed by atoms with E-state index in [4.69, 9.17) is 16.3 Å². The summed E-state index contributed by atoms with van der Waals surface area (Å²) in [5, 5.41) is 12.2. The van der Waals surface area contributed by atoms with Gasteiger partial charge in [0.25, 0.3) is 5.91 Å². The Labute approximate surface area is 140 Å². The van der Waals surface area contributed by atoms with E-state index in [2.05, 4.69) is 5.32 Å². The Morgan fingerprint density at radius 2 is 2.14 bits per heavy atom. The van der Waals surface area contributed by atoms with Gasteiger partial charge in [0, 0.05) is 0 Å². The van der Waals surface area contributed by atoms with Gasteiger partial charge in [-0.05, 0) is 31.5 Å². The molecular formula is C14H11ClN2O3S2. The molecule has 2 aromatic rings. The second-order valence-corrected chi connectivity index (χ2v) is 6.89. The van der Waals surface area contributed by atoms with E-state index in [-0.39, 0.29) is 18.1 Å². The van der Waals surface area contributed by atoms with Crippen LogP contribution in [-0.4, -0.2) is 18.5 Å². The van der Waals surface area contributed by atoms with Crippen molar-refractivity contribution in [2.24, 2.45) is 0 Å². The van der Waals surface area contributed by atoms with Crippen molar-refractivity contribution >= 4 is 51.2 Å². The number of amides is 1. The summed E-state index contributed by atoms with van der Waals surface area (Å²) in [6, 6.07) is 5.23.